The average Bonchev–Trinajstić information content (AvgIpc) is 3.11. The Morgan fingerprint density at radius 3 is 2.17 bits per heavy atom. The lowest BCUT2D eigenvalue weighted by atomic mass is 10.1. The van der Waals surface area contributed by atoms with Gasteiger partial charge in [-0.2, -0.15) is 0 Å². The summed E-state index contributed by atoms with van der Waals surface area (Å²) in [7, 11) is -3.80. The first kappa shape index (κ1) is 19.0. The molecule has 4 aromatic rings. The lowest BCUT2D eigenvalue weighted by Gasteiger charge is -2.08. The van der Waals surface area contributed by atoms with Gasteiger partial charge in [0.2, 0.25) is 11.8 Å². The van der Waals surface area contributed by atoms with Crippen molar-refractivity contribution in [2.24, 2.45) is 0 Å². The predicted octanol–water partition coefficient (Wildman–Crippen LogP) is 5.04. The van der Waals surface area contributed by atoms with E-state index in [1.807, 2.05) is 61.5 Å². The van der Waals surface area contributed by atoms with Gasteiger partial charge in [-0.3, -0.25) is 0 Å². The lowest BCUT2D eigenvalue weighted by Crippen LogP contribution is -2.13. The number of benzene rings is 3. The van der Waals surface area contributed by atoms with Crippen molar-refractivity contribution in [2.45, 2.75) is 18.2 Å². The van der Waals surface area contributed by atoms with Crippen molar-refractivity contribution in [3.05, 3.63) is 102 Å². The average molecular weight is 404 g/mol. The summed E-state index contributed by atoms with van der Waals surface area (Å²) in [6, 6.07) is 25.7. The molecule has 29 heavy (non-hydrogen) atoms. The first-order chi connectivity index (χ1) is 14.0. The zero-order valence-corrected chi connectivity index (χ0v) is 16.7. The van der Waals surface area contributed by atoms with E-state index in [2.05, 4.69) is 9.71 Å². The van der Waals surface area contributed by atoms with Crippen LogP contribution in [0.15, 0.2) is 94.2 Å². The molecular formula is C23H20N2O3S. The van der Waals surface area contributed by atoms with Crippen LogP contribution >= 0.6 is 0 Å². The van der Waals surface area contributed by atoms with Gasteiger partial charge in [0.15, 0.2) is 0 Å². The number of aryl methyl sites for hydroxylation is 1. The van der Waals surface area contributed by atoms with E-state index in [1.165, 1.54) is 12.1 Å². The van der Waals surface area contributed by atoms with Gasteiger partial charge in [-0.1, -0.05) is 72.8 Å². The van der Waals surface area contributed by atoms with Crippen molar-refractivity contribution in [1.82, 2.24) is 4.98 Å². The van der Waals surface area contributed by atoms with Gasteiger partial charge < -0.3 is 4.42 Å². The Kier molecular flexibility index (Phi) is 5.18. The molecule has 0 radical (unpaired) electrons. The molecule has 0 spiro atoms. The summed E-state index contributed by atoms with van der Waals surface area (Å²) in [5, 5.41) is 0. The Morgan fingerprint density at radius 1 is 0.862 bits per heavy atom. The molecule has 0 aliphatic rings. The molecule has 0 unspecified atom stereocenters. The Bertz CT molecular complexity index is 1220. The molecule has 1 N–H and O–H groups in total. The summed E-state index contributed by atoms with van der Waals surface area (Å²) in [5.74, 6) is 0.564. The van der Waals surface area contributed by atoms with E-state index in [0.29, 0.717) is 18.0 Å². The highest BCUT2D eigenvalue weighted by atomic mass is 32.2. The molecular weight excluding hydrogens is 384 g/mol. The second-order valence-corrected chi connectivity index (χ2v) is 8.36. The normalized spacial score (nSPS) is 11.3. The van der Waals surface area contributed by atoms with Crippen molar-refractivity contribution < 1.29 is 12.8 Å². The molecule has 0 saturated heterocycles. The molecule has 3 aromatic carbocycles. The lowest BCUT2D eigenvalue weighted by molar-refractivity contribution is 0.521. The molecule has 0 aliphatic heterocycles. The third-order valence-corrected chi connectivity index (χ3v) is 5.90. The molecule has 0 bridgehead atoms. The number of nitrogens with zero attached hydrogens (tertiary/aromatic N) is 1. The Morgan fingerprint density at radius 2 is 1.48 bits per heavy atom. The summed E-state index contributed by atoms with van der Waals surface area (Å²) in [4.78, 5) is 4.78. The number of hydrogen-bond acceptors (Lipinski definition) is 4. The highest BCUT2D eigenvalue weighted by Gasteiger charge is 2.22. The molecule has 1 aromatic heterocycles. The van der Waals surface area contributed by atoms with Gasteiger partial charge in [0, 0.05) is 12.0 Å². The molecule has 6 heteroatoms. The SMILES string of the molecule is Cc1ccccc1-c1nc(Cc2ccccc2)oc1NS(=O)(=O)c1ccccc1. The van der Waals surface area contributed by atoms with Crippen molar-refractivity contribution in [3.8, 4) is 11.3 Å². The summed E-state index contributed by atoms with van der Waals surface area (Å²) in [6.45, 7) is 1.95. The molecule has 0 atom stereocenters. The third-order valence-electron chi connectivity index (χ3n) is 4.55. The maximum Gasteiger partial charge on any atom is 0.264 e. The highest BCUT2D eigenvalue weighted by Crippen LogP contribution is 2.33. The quantitative estimate of drug-likeness (QED) is 0.489. The van der Waals surface area contributed by atoms with Crippen LogP contribution in [-0.4, -0.2) is 13.4 Å². The molecule has 0 aliphatic carbocycles. The van der Waals surface area contributed by atoms with E-state index in [0.717, 1.165) is 16.7 Å². The second-order valence-electron chi connectivity index (χ2n) is 6.68. The van der Waals surface area contributed by atoms with Crippen LogP contribution in [0.2, 0.25) is 0 Å². The number of oxazole rings is 1. The van der Waals surface area contributed by atoms with E-state index >= 15 is 0 Å². The van der Waals surface area contributed by atoms with Crippen molar-refractivity contribution in [3.63, 3.8) is 0 Å². The number of rotatable bonds is 6. The maximum absolute atomic E-state index is 12.8. The van der Waals surface area contributed by atoms with Crippen molar-refractivity contribution in [2.75, 3.05) is 4.72 Å². The van der Waals surface area contributed by atoms with Gasteiger partial charge in [0.05, 0.1) is 4.90 Å². The number of aromatic nitrogens is 1. The first-order valence-electron chi connectivity index (χ1n) is 9.20. The fourth-order valence-electron chi connectivity index (χ4n) is 3.08. The summed E-state index contributed by atoms with van der Waals surface area (Å²) in [6.07, 6.45) is 0.465. The number of sulfonamides is 1. The standard InChI is InChI=1S/C23H20N2O3S/c1-17-10-8-9-15-20(17)22-23(25-29(26,27)19-13-6-3-7-14-19)28-21(24-22)16-18-11-4-2-5-12-18/h2-15,25H,16H2,1H3. The molecule has 4 rings (SSSR count). The van der Waals surface area contributed by atoms with E-state index in [9.17, 15) is 8.42 Å². The van der Waals surface area contributed by atoms with Crippen molar-refractivity contribution >= 4 is 15.9 Å². The smallest absolute Gasteiger partial charge is 0.264 e. The van der Waals surface area contributed by atoms with Crippen LogP contribution in [0.4, 0.5) is 5.88 Å². The molecule has 0 fully saturated rings. The van der Waals surface area contributed by atoms with Crippen molar-refractivity contribution in [1.29, 1.82) is 0 Å². The highest BCUT2D eigenvalue weighted by molar-refractivity contribution is 7.92. The van der Waals surface area contributed by atoms with Gasteiger partial charge in [0.1, 0.15) is 5.69 Å². The zero-order chi connectivity index (χ0) is 20.3. The zero-order valence-electron chi connectivity index (χ0n) is 15.9. The predicted molar refractivity (Wildman–Crippen MR) is 113 cm³/mol. The molecule has 0 amide bonds. The van der Waals surface area contributed by atoms with Crippen LogP contribution in [0.1, 0.15) is 17.0 Å². The molecule has 0 saturated carbocycles. The van der Waals surface area contributed by atoms with Crippen LogP contribution in [0.25, 0.3) is 11.3 Å². The summed E-state index contributed by atoms with van der Waals surface area (Å²) >= 11 is 0. The molecule has 5 nitrogen and oxygen atoms in total. The number of anilines is 1. The Hall–Kier alpha value is -3.38. The van der Waals surface area contributed by atoms with Crippen LogP contribution in [0.3, 0.4) is 0 Å². The largest absolute Gasteiger partial charge is 0.423 e. The minimum Gasteiger partial charge on any atom is -0.423 e. The molecule has 1 heterocycles. The second kappa shape index (κ2) is 7.93. The maximum atomic E-state index is 12.8. The van der Waals surface area contributed by atoms with Gasteiger partial charge in [-0.25, -0.2) is 18.1 Å². The fraction of sp³-hybridized carbons (Fsp3) is 0.0870. The number of hydrogen-bond donors (Lipinski definition) is 1. The van der Waals surface area contributed by atoms with Gasteiger partial charge in [-0.15, -0.1) is 0 Å². The molecule has 146 valence electrons. The van der Waals surface area contributed by atoms with Crippen LogP contribution in [-0.2, 0) is 16.4 Å². The third kappa shape index (κ3) is 4.22. The topological polar surface area (TPSA) is 72.2 Å². The van der Waals surface area contributed by atoms with Crippen LogP contribution in [0.5, 0.6) is 0 Å². The van der Waals surface area contributed by atoms with Crippen LogP contribution < -0.4 is 4.72 Å². The summed E-state index contributed by atoms with van der Waals surface area (Å²) < 4.78 is 34.1. The van der Waals surface area contributed by atoms with E-state index in [1.54, 1.807) is 18.2 Å². The minimum absolute atomic E-state index is 0.120. The van der Waals surface area contributed by atoms with E-state index in [4.69, 9.17) is 4.42 Å². The van der Waals surface area contributed by atoms with E-state index < -0.39 is 10.0 Å². The number of nitrogens with one attached hydrogen (secondary N) is 1. The fourth-order valence-corrected chi connectivity index (χ4v) is 4.10. The Labute approximate surface area is 170 Å². The van der Waals surface area contributed by atoms with Gasteiger partial charge in [0.25, 0.3) is 10.0 Å². The summed E-state index contributed by atoms with van der Waals surface area (Å²) in [5.41, 5.74) is 3.31. The minimum atomic E-state index is -3.80. The van der Waals surface area contributed by atoms with Crippen LogP contribution in [0, 0.1) is 6.92 Å². The first-order valence-corrected chi connectivity index (χ1v) is 10.7. The monoisotopic (exact) mass is 404 g/mol. The van der Waals surface area contributed by atoms with E-state index in [-0.39, 0.29) is 10.8 Å². The van der Waals surface area contributed by atoms with Gasteiger partial charge >= 0.3 is 0 Å². The van der Waals surface area contributed by atoms with Gasteiger partial charge in [-0.05, 0) is 30.2 Å². The Balaban J connectivity index is 1.76.